The molecule has 1 aromatic heterocycles. The fraction of sp³-hybridized carbons (Fsp3) is 0.600. The molecule has 1 aliphatic heterocycles. The van der Waals surface area contributed by atoms with E-state index in [9.17, 15) is 0 Å². The van der Waals surface area contributed by atoms with Crippen molar-refractivity contribution in [2.45, 2.75) is 37.7 Å². The lowest BCUT2D eigenvalue weighted by molar-refractivity contribution is 0.543. The van der Waals surface area contributed by atoms with Crippen molar-refractivity contribution in [3.8, 4) is 0 Å². The van der Waals surface area contributed by atoms with Gasteiger partial charge in [-0.2, -0.15) is 11.8 Å². The molecule has 4 heteroatoms. The quantitative estimate of drug-likeness (QED) is 0.711. The lowest BCUT2D eigenvalue weighted by Gasteiger charge is -2.17. The van der Waals surface area contributed by atoms with Crippen LogP contribution in [-0.4, -0.2) is 9.97 Å². The second kappa shape index (κ2) is 3.12. The van der Waals surface area contributed by atoms with Gasteiger partial charge in [0.05, 0.1) is 5.69 Å². The number of rotatable bonds is 0. The summed E-state index contributed by atoms with van der Waals surface area (Å²) >= 11 is 1.85. The highest BCUT2D eigenvalue weighted by Gasteiger charge is 2.23. The molecule has 1 aliphatic rings. The standard InChI is InChI=1S/C10H15N3S/c1-10(2,3)9-12-7-5-14-4-6(7)8(11)13-9/h4-5H2,1-3H3,(H2,11,12,13). The highest BCUT2D eigenvalue weighted by Crippen LogP contribution is 2.33. The summed E-state index contributed by atoms with van der Waals surface area (Å²) in [6.07, 6.45) is 0. The number of nitrogen functional groups attached to an aromatic ring is 1. The molecule has 0 aromatic carbocycles. The molecule has 14 heavy (non-hydrogen) atoms. The van der Waals surface area contributed by atoms with Crippen molar-refractivity contribution in [2.24, 2.45) is 0 Å². The SMILES string of the molecule is CC(C)(C)c1nc(N)c2c(n1)CSC2. The van der Waals surface area contributed by atoms with Gasteiger partial charge in [-0.3, -0.25) is 0 Å². The topological polar surface area (TPSA) is 51.8 Å². The first-order chi connectivity index (χ1) is 6.48. The monoisotopic (exact) mass is 209 g/mol. The van der Waals surface area contributed by atoms with Crippen LogP contribution in [0, 0.1) is 0 Å². The molecule has 3 nitrogen and oxygen atoms in total. The third-order valence-corrected chi connectivity index (χ3v) is 3.25. The molecule has 0 saturated heterocycles. The lowest BCUT2D eigenvalue weighted by atomic mass is 9.95. The summed E-state index contributed by atoms with van der Waals surface area (Å²) in [4.78, 5) is 8.94. The van der Waals surface area contributed by atoms with Crippen molar-refractivity contribution in [1.29, 1.82) is 0 Å². The number of hydrogen-bond acceptors (Lipinski definition) is 4. The maximum atomic E-state index is 5.90. The van der Waals surface area contributed by atoms with E-state index in [1.54, 1.807) is 0 Å². The molecule has 0 saturated carbocycles. The smallest absolute Gasteiger partial charge is 0.136 e. The van der Waals surface area contributed by atoms with Gasteiger partial charge in [-0.05, 0) is 0 Å². The van der Waals surface area contributed by atoms with Crippen LogP contribution in [0.4, 0.5) is 5.82 Å². The Bertz CT molecular complexity index is 368. The first-order valence-electron chi connectivity index (χ1n) is 4.72. The van der Waals surface area contributed by atoms with Gasteiger partial charge in [-0.1, -0.05) is 20.8 Å². The Labute approximate surface area is 88.5 Å². The average Bonchev–Trinajstić information content (AvgIpc) is 2.50. The first-order valence-corrected chi connectivity index (χ1v) is 5.87. The van der Waals surface area contributed by atoms with Crippen molar-refractivity contribution in [1.82, 2.24) is 9.97 Å². The van der Waals surface area contributed by atoms with Crippen molar-refractivity contribution in [3.63, 3.8) is 0 Å². The number of fused-ring (bicyclic) bond motifs is 1. The fourth-order valence-corrected chi connectivity index (χ4v) is 2.46. The van der Waals surface area contributed by atoms with Gasteiger partial charge in [0.2, 0.25) is 0 Å². The van der Waals surface area contributed by atoms with E-state index in [4.69, 9.17) is 5.73 Å². The van der Waals surface area contributed by atoms with Gasteiger partial charge in [0.15, 0.2) is 0 Å². The van der Waals surface area contributed by atoms with E-state index in [1.807, 2.05) is 11.8 Å². The molecule has 2 heterocycles. The molecule has 0 amide bonds. The van der Waals surface area contributed by atoms with Crippen LogP contribution in [0.2, 0.25) is 0 Å². The van der Waals surface area contributed by atoms with Crippen LogP contribution in [0.15, 0.2) is 0 Å². The van der Waals surface area contributed by atoms with Crippen LogP contribution < -0.4 is 5.73 Å². The Balaban J connectivity index is 2.52. The lowest BCUT2D eigenvalue weighted by Crippen LogP contribution is -2.18. The van der Waals surface area contributed by atoms with Crippen LogP contribution in [0.25, 0.3) is 0 Å². The van der Waals surface area contributed by atoms with E-state index in [2.05, 4.69) is 30.7 Å². The Kier molecular flexibility index (Phi) is 2.18. The number of thioether (sulfide) groups is 1. The molecule has 0 aliphatic carbocycles. The van der Waals surface area contributed by atoms with Crippen molar-refractivity contribution in [3.05, 3.63) is 17.1 Å². The average molecular weight is 209 g/mol. The molecule has 2 N–H and O–H groups in total. The largest absolute Gasteiger partial charge is 0.383 e. The Hall–Kier alpha value is -0.770. The van der Waals surface area contributed by atoms with Gasteiger partial charge < -0.3 is 5.73 Å². The third-order valence-electron chi connectivity index (χ3n) is 2.28. The number of hydrogen-bond donors (Lipinski definition) is 1. The van der Waals surface area contributed by atoms with Crippen LogP contribution in [0.5, 0.6) is 0 Å². The highest BCUT2D eigenvalue weighted by molar-refractivity contribution is 7.98. The van der Waals surface area contributed by atoms with E-state index in [0.29, 0.717) is 5.82 Å². The Morgan fingerprint density at radius 1 is 1.21 bits per heavy atom. The van der Waals surface area contributed by atoms with Gasteiger partial charge >= 0.3 is 0 Å². The molecule has 0 bridgehead atoms. The van der Waals surface area contributed by atoms with Gasteiger partial charge in [0.25, 0.3) is 0 Å². The Morgan fingerprint density at radius 2 is 1.93 bits per heavy atom. The number of anilines is 1. The van der Waals surface area contributed by atoms with Crippen molar-refractivity contribution >= 4 is 17.6 Å². The Morgan fingerprint density at radius 3 is 2.57 bits per heavy atom. The number of nitrogens with zero attached hydrogens (tertiary/aromatic N) is 2. The van der Waals surface area contributed by atoms with Crippen LogP contribution >= 0.6 is 11.8 Å². The van der Waals surface area contributed by atoms with Gasteiger partial charge in [0.1, 0.15) is 11.6 Å². The molecule has 76 valence electrons. The van der Waals surface area contributed by atoms with Crippen molar-refractivity contribution in [2.75, 3.05) is 5.73 Å². The highest BCUT2D eigenvalue weighted by atomic mass is 32.2. The molecule has 1 aromatic rings. The van der Waals surface area contributed by atoms with E-state index in [0.717, 1.165) is 28.6 Å². The van der Waals surface area contributed by atoms with Crippen molar-refractivity contribution < 1.29 is 0 Å². The van der Waals surface area contributed by atoms with E-state index in [1.165, 1.54) is 0 Å². The minimum atomic E-state index is -0.0175. The zero-order valence-corrected chi connectivity index (χ0v) is 9.61. The summed E-state index contributed by atoms with van der Waals surface area (Å²) in [5.74, 6) is 3.47. The summed E-state index contributed by atoms with van der Waals surface area (Å²) in [6.45, 7) is 6.32. The van der Waals surface area contributed by atoms with Crippen LogP contribution in [-0.2, 0) is 16.9 Å². The second-order valence-corrected chi connectivity index (χ2v) is 5.59. The maximum Gasteiger partial charge on any atom is 0.136 e. The zero-order valence-electron chi connectivity index (χ0n) is 8.79. The van der Waals surface area contributed by atoms with E-state index in [-0.39, 0.29) is 5.41 Å². The molecule has 0 spiro atoms. The van der Waals surface area contributed by atoms with Gasteiger partial charge in [0, 0.05) is 22.5 Å². The number of aromatic nitrogens is 2. The molecule has 0 unspecified atom stereocenters. The maximum absolute atomic E-state index is 5.90. The minimum absolute atomic E-state index is 0.0175. The second-order valence-electron chi connectivity index (χ2n) is 4.60. The zero-order chi connectivity index (χ0) is 10.3. The molecule has 0 fully saturated rings. The third kappa shape index (κ3) is 1.59. The predicted molar refractivity (Wildman–Crippen MR) is 60.1 cm³/mol. The molecule has 0 radical (unpaired) electrons. The molecular weight excluding hydrogens is 194 g/mol. The summed E-state index contributed by atoms with van der Waals surface area (Å²) < 4.78 is 0. The first kappa shape index (κ1) is 9.77. The van der Waals surface area contributed by atoms with Gasteiger partial charge in [-0.15, -0.1) is 0 Å². The van der Waals surface area contributed by atoms with E-state index >= 15 is 0 Å². The van der Waals surface area contributed by atoms with Gasteiger partial charge in [-0.25, -0.2) is 9.97 Å². The normalized spacial score (nSPS) is 15.6. The summed E-state index contributed by atoms with van der Waals surface area (Å²) in [5, 5.41) is 0. The fourth-order valence-electron chi connectivity index (χ4n) is 1.41. The summed E-state index contributed by atoms with van der Waals surface area (Å²) in [6, 6.07) is 0. The van der Waals surface area contributed by atoms with E-state index < -0.39 is 0 Å². The molecular formula is C10H15N3S. The summed E-state index contributed by atoms with van der Waals surface area (Å²) in [7, 11) is 0. The molecule has 2 rings (SSSR count). The predicted octanol–water partition coefficient (Wildman–Crippen LogP) is 2.10. The van der Waals surface area contributed by atoms with Crippen LogP contribution in [0.3, 0.4) is 0 Å². The van der Waals surface area contributed by atoms with Crippen LogP contribution in [0.1, 0.15) is 37.9 Å². The number of nitrogens with two attached hydrogens (primary N) is 1. The summed E-state index contributed by atoms with van der Waals surface area (Å²) in [5.41, 5.74) is 8.16. The molecule has 0 atom stereocenters. The minimum Gasteiger partial charge on any atom is -0.383 e.